The van der Waals surface area contributed by atoms with Crippen molar-refractivity contribution in [3.05, 3.63) is 52.1 Å². The van der Waals surface area contributed by atoms with Gasteiger partial charge in [0, 0.05) is 54.8 Å². The van der Waals surface area contributed by atoms with E-state index in [9.17, 15) is 0 Å². The molecule has 3 aromatic rings. The Balaban J connectivity index is 1.46. The van der Waals surface area contributed by atoms with Gasteiger partial charge in [0.1, 0.15) is 16.9 Å². The van der Waals surface area contributed by atoms with Crippen molar-refractivity contribution in [3.8, 4) is 5.75 Å². The maximum absolute atomic E-state index is 5.39. The molecule has 1 aliphatic rings. The third-order valence-electron chi connectivity index (χ3n) is 5.18. The number of aromatic amines is 1. The lowest BCUT2D eigenvalue weighted by Gasteiger charge is -2.25. The first-order valence-corrected chi connectivity index (χ1v) is 10.1. The van der Waals surface area contributed by atoms with Crippen molar-refractivity contribution >= 4 is 27.8 Å². The number of hydrogen-bond acceptors (Lipinski definition) is 5. The first kappa shape index (κ1) is 18.2. The number of nitrogens with zero attached hydrogens (tertiary/aromatic N) is 2. The Hall–Kier alpha value is -2.15. The second kappa shape index (κ2) is 7.84. The Morgan fingerprint density at radius 2 is 2.22 bits per heavy atom. The highest BCUT2D eigenvalue weighted by Crippen LogP contribution is 2.32. The van der Waals surface area contributed by atoms with Gasteiger partial charge in [0.2, 0.25) is 0 Å². The number of rotatable bonds is 6. The van der Waals surface area contributed by atoms with Crippen molar-refractivity contribution in [2.75, 3.05) is 27.3 Å². The number of hydrogen-bond donors (Lipinski definition) is 1. The summed E-state index contributed by atoms with van der Waals surface area (Å²) in [5.41, 5.74) is 4.97. The number of aromatic nitrogens is 2. The summed E-state index contributed by atoms with van der Waals surface area (Å²) < 4.78 is 10.7. The van der Waals surface area contributed by atoms with Gasteiger partial charge < -0.3 is 14.5 Å². The van der Waals surface area contributed by atoms with Crippen LogP contribution in [0.1, 0.15) is 35.7 Å². The number of ether oxygens (including phenoxy) is 2. The van der Waals surface area contributed by atoms with Gasteiger partial charge in [-0.1, -0.05) is 6.08 Å². The quantitative estimate of drug-likeness (QED) is 0.674. The van der Waals surface area contributed by atoms with Crippen LogP contribution in [0, 0.1) is 0 Å². The van der Waals surface area contributed by atoms with E-state index in [1.165, 1.54) is 16.5 Å². The molecule has 1 atom stereocenters. The zero-order valence-corrected chi connectivity index (χ0v) is 16.8. The summed E-state index contributed by atoms with van der Waals surface area (Å²) in [5.74, 6) is 0.894. The number of thiazole rings is 1. The minimum atomic E-state index is 0.0652. The van der Waals surface area contributed by atoms with E-state index in [2.05, 4.69) is 39.7 Å². The van der Waals surface area contributed by atoms with E-state index in [0.717, 1.165) is 48.0 Å². The van der Waals surface area contributed by atoms with Crippen LogP contribution < -0.4 is 4.74 Å². The van der Waals surface area contributed by atoms with E-state index in [0.29, 0.717) is 0 Å². The lowest BCUT2D eigenvalue weighted by Crippen LogP contribution is -2.28. The highest BCUT2D eigenvalue weighted by molar-refractivity contribution is 7.09. The molecule has 0 aliphatic carbocycles. The monoisotopic (exact) mass is 383 g/mol. The smallest absolute Gasteiger partial charge is 0.122 e. The van der Waals surface area contributed by atoms with Crippen molar-refractivity contribution < 1.29 is 9.47 Å². The summed E-state index contributed by atoms with van der Waals surface area (Å²) in [7, 11) is 3.44. The number of benzene rings is 1. The normalized spacial score (nSPS) is 16.5. The van der Waals surface area contributed by atoms with Gasteiger partial charge in [0.05, 0.1) is 12.8 Å². The van der Waals surface area contributed by atoms with Crippen LogP contribution in [-0.2, 0) is 11.3 Å². The molecule has 0 fully saturated rings. The molecule has 0 saturated carbocycles. The van der Waals surface area contributed by atoms with Gasteiger partial charge in [-0.2, -0.15) is 0 Å². The molecular formula is C21H25N3O2S. The molecule has 1 aliphatic heterocycles. The van der Waals surface area contributed by atoms with Gasteiger partial charge in [0.15, 0.2) is 0 Å². The third-order valence-corrected chi connectivity index (χ3v) is 6.24. The van der Waals surface area contributed by atoms with Crippen LogP contribution in [0.25, 0.3) is 16.5 Å². The molecule has 0 radical (unpaired) electrons. The molecule has 0 unspecified atom stereocenters. The van der Waals surface area contributed by atoms with Crippen LogP contribution in [0.2, 0.25) is 0 Å². The largest absolute Gasteiger partial charge is 0.497 e. The second-order valence-electron chi connectivity index (χ2n) is 6.88. The molecule has 0 bridgehead atoms. The van der Waals surface area contributed by atoms with Crippen molar-refractivity contribution in [1.29, 1.82) is 0 Å². The minimum Gasteiger partial charge on any atom is -0.497 e. The molecular weight excluding hydrogens is 358 g/mol. The van der Waals surface area contributed by atoms with E-state index >= 15 is 0 Å². The number of methoxy groups -OCH3 is 2. The Morgan fingerprint density at radius 3 is 2.96 bits per heavy atom. The van der Waals surface area contributed by atoms with E-state index in [1.54, 1.807) is 25.6 Å². The summed E-state index contributed by atoms with van der Waals surface area (Å²) in [6.45, 7) is 4.90. The summed E-state index contributed by atoms with van der Waals surface area (Å²) >= 11 is 1.68. The van der Waals surface area contributed by atoms with Gasteiger partial charge >= 0.3 is 0 Å². The van der Waals surface area contributed by atoms with Crippen LogP contribution in [0.4, 0.5) is 0 Å². The third kappa shape index (κ3) is 3.78. The SMILES string of the molecule is COc1ccc2[nH]cc(C3=CCN(Cc4csc([C@H](C)OC)n4)CC3)c2c1. The highest BCUT2D eigenvalue weighted by atomic mass is 32.1. The molecule has 0 saturated heterocycles. The Labute approximate surface area is 163 Å². The average molecular weight is 384 g/mol. The molecule has 3 heterocycles. The molecule has 1 N–H and O–H groups in total. The molecule has 2 aromatic heterocycles. The topological polar surface area (TPSA) is 50.4 Å². The van der Waals surface area contributed by atoms with Gasteiger partial charge in [-0.05, 0) is 37.1 Å². The highest BCUT2D eigenvalue weighted by Gasteiger charge is 2.18. The van der Waals surface area contributed by atoms with Crippen molar-refractivity contribution in [2.45, 2.75) is 26.0 Å². The van der Waals surface area contributed by atoms with E-state index in [1.807, 2.05) is 13.0 Å². The van der Waals surface area contributed by atoms with Gasteiger partial charge in [-0.15, -0.1) is 11.3 Å². The number of H-pyrrole nitrogens is 1. The van der Waals surface area contributed by atoms with Gasteiger partial charge in [-0.25, -0.2) is 4.98 Å². The fourth-order valence-corrected chi connectivity index (χ4v) is 4.35. The van der Waals surface area contributed by atoms with E-state index in [4.69, 9.17) is 14.5 Å². The second-order valence-corrected chi connectivity index (χ2v) is 7.77. The summed E-state index contributed by atoms with van der Waals surface area (Å²) in [6, 6.07) is 6.18. The van der Waals surface area contributed by atoms with Crippen LogP contribution in [0.3, 0.4) is 0 Å². The first-order valence-electron chi connectivity index (χ1n) is 9.22. The molecule has 4 rings (SSSR count). The predicted octanol–water partition coefficient (Wildman–Crippen LogP) is 4.63. The standard InChI is InChI=1S/C21H25N3O2S/c1-14(25-2)21-23-16(13-27-21)12-24-8-6-15(7-9-24)19-11-22-20-5-4-17(26-3)10-18(19)20/h4-6,10-11,13-14,22H,7-9,12H2,1-3H3/t14-/m0/s1. The van der Waals surface area contributed by atoms with Crippen LogP contribution in [0.5, 0.6) is 5.75 Å². The van der Waals surface area contributed by atoms with Crippen molar-refractivity contribution in [1.82, 2.24) is 14.9 Å². The maximum atomic E-state index is 5.39. The van der Waals surface area contributed by atoms with Crippen LogP contribution in [-0.4, -0.2) is 42.2 Å². The minimum absolute atomic E-state index is 0.0652. The summed E-state index contributed by atoms with van der Waals surface area (Å²) in [6.07, 6.45) is 5.56. The Morgan fingerprint density at radius 1 is 1.33 bits per heavy atom. The Bertz CT molecular complexity index is 959. The first-order chi connectivity index (χ1) is 13.2. The van der Waals surface area contributed by atoms with E-state index < -0.39 is 0 Å². The molecule has 1 aromatic carbocycles. The molecule has 6 heteroatoms. The average Bonchev–Trinajstić information content (AvgIpc) is 3.34. The summed E-state index contributed by atoms with van der Waals surface area (Å²) in [5, 5.41) is 4.43. The Kier molecular flexibility index (Phi) is 5.29. The fourth-order valence-electron chi connectivity index (χ4n) is 3.50. The van der Waals surface area contributed by atoms with Crippen molar-refractivity contribution in [3.63, 3.8) is 0 Å². The van der Waals surface area contributed by atoms with Crippen molar-refractivity contribution in [2.24, 2.45) is 0 Å². The molecule has 5 nitrogen and oxygen atoms in total. The zero-order valence-electron chi connectivity index (χ0n) is 16.0. The molecule has 0 spiro atoms. The molecule has 27 heavy (non-hydrogen) atoms. The molecule has 0 amide bonds. The van der Waals surface area contributed by atoms with E-state index in [-0.39, 0.29) is 6.10 Å². The fraction of sp³-hybridized carbons (Fsp3) is 0.381. The van der Waals surface area contributed by atoms with Crippen LogP contribution >= 0.6 is 11.3 Å². The van der Waals surface area contributed by atoms with Crippen LogP contribution in [0.15, 0.2) is 35.9 Å². The zero-order chi connectivity index (χ0) is 18.8. The number of fused-ring (bicyclic) bond motifs is 1. The lowest BCUT2D eigenvalue weighted by molar-refractivity contribution is 0.119. The molecule has 142 valence electrons. The van der Waals surface area contributed by atoms with Gasteiger partial charge in [-0.3, -0.25) is 4.90 Å². The maximum Gasteiger partial charge on any atom is 0.122 e. The summed E-state index contributed by atoms with van der Waals surface area (Å²) in [4.78, 5) is 10.5. The number of nitrogens with one attached hydrogen (secondary N) is 1. The lowest BCUT2D eigenvalue weighted by atomic mass is 9.99. The predicted molar refractivity (Wildman–Crippen MR) is 110 cm³/mol. The van der Waals surface area contributed by atoms with Gasteiger partial charge in [0.25, 0.3) is 0 Å².